The molecule has 2 aromatic rings. The number of ether oxygens (including phenoxy) is 1. The highest BCUT2D eigenvalue weighted by atomic mass is 16.5. The van der Waals surface area contributed by atoms with Gasteiger partial charge in [-0.2, -0.15) is 0 Å². The molecule has 0 radical (unpaired) electrons. The molecule has 0 aliphatic heterocycles. The van der Waals surface area contributed by atoms with E-state index >= 15 is 0 Å². The summed E-state index contributed by atoms with van der Waals surface area (Å²) in [6, 6.07) is 14.7. The largest absolute Gasteiger partial charge is 0.494 e. The molecule has 0 fully saturated rings. The van der Waals surface area contributed by atoms with Gasteiger partial charge in [-0.15, -0.1) is 0 Å². The Morgan fingerprint density at radius 1 is 1.05 bits per heavy atom. The first-order chi connectivity index (χ1) is 10.2. The van der Waals surface area contributed by atoms with E-state index in [1.54, 1.807) is 0 Å². The number of para-hydroxylation sites is 1. The van der Waals surface area contributed by atoms with Gasteiger partial charge in [-0.05, 0) is 55.5 Å². The monoisotopic (exact) mass is 283 g/mol. The molecule has 2 nitrogen and oxygen atoms in total. The van der Waals surface area contributed by atoms with Crippen LogP contribution in [0, 0.1) is 13.8 Å². The summed E-state index contributed by atoms with van der Waals surface area (Å²) >= 11 is 0. The summed E-state index contributed by atoms with van der Waals surface area (Å²) in [6.07, 6.45) is 2.05. The maximum Gasteiger partial charge on any atom is 0.119 e. The highest BCUT2D eigenvalue weighted by molar-refractivity contribution is 5.57. The van der Waals surface area contributed by atoms with Crippen molar-refractivity contribution in [2.24, 2.45) is 0 Å². The van der Waals surface area contributed by atoms with Crippen LogP contribution in [-0.4, -0.2) is 13.2 Å². The van der Waals surface area contributed by atoms with E-state index in [0.29, 0.717) is 0 Å². The Kier molecular flexibility index (Phi) is 5.68. The van der Waals surface area contributed by atoms with Crippen LogP contribution in [0.25, 0.3) is 0 Å². The Hall–Kier alpha value is -1.96. The molecular formula is C19H25NO. The van der Waals surface area contributed by atoms with Gasteiger partial charge in [0.2, 0.25) is 0 Å². The van der Waals surface area contributed by atoms with E-state index in [2.05, 4.69) is 56.4 Å². The van der Waals surface area contributed by atoms with Gasteiger partial charge in [0.05, 0.1) is 6.61 Å². The molecule has 0 unspecified atom stereocenters. The third-order valence-corrected chi connectivity index (χ3v) is 3.62. The standard InChI is InChI=1S/C19H25NO/c1-4-17-10-6-9-16(3)19(17)20-12-7-13-21-18-11-5-8-15(2)14-18/h5-6,8-11,14,20H,4,7,12-13H2,1-3H3. The van der Waals surface area contributed by atoms with Crippen molar-refractivity contribution < 1.29 is 4.74 Å². The van der Waals surface area contributed by atoms with Crippen molar-refractivity contribution in [2.75, 3.05) is 18.5 Å². The topological polar surface area (TPSA) is 21.3 Å². The fraction of sp³-hybridized carbons (Fsp3) is 0.368. The summed E-state index contributed by atoms with van der Waals surface area (Å²) in [5, 5.41) is 3.55. The lowest BCUT2D eigenvalue weighted by molar-refractivity contribution is 0.315. The average Bonchev–Trinajstić information content (AvgIpc) is 2.48. The van der Waals surface area contributed by atoms with Crippen LogP contribution in [0.5, 0.6) is 5.75 Å². The van der Waals surface area contributed by atoms with Gasteiger partial charge in [-0.3, -0.25) is 0 Å². The van der Waals surface area contributed by atoms with E-state index in [4.69, 9.17) is 4.74 Å². The first-order valence-corrected chi connectivity index (χ1v) is 7.72. The number of nitrogens with one attached hydrogen (secondary N) is 1. The molecule has 0 bridgehead atoms. The van der Waals surface area contributed by atoms with Crippen molar-refractivity contribution in [3.63, 3.8) is 0 Å². The fourth-order valence-corrected chi connectivity index (χ4v) is 2.46. The van der Waals surface area contributed by atoms with Crippen LogP contribution in [0.15, 0.2) is 42.5 Å². The van der Waals surface area contributed by atoms with Crippen molar-refractivity contribution in [1.82, 2.24) is 0 Å². The van der Waals surface area contributed by atoms with Crippen LogP contribution in [-0.2, 0) is 6.42 Å². The van der Waals surface area contributed by atoms with Crippen molar-refractivity contribution in [3.05, 3.63) is 59.2 Å². The van der Waals surface area contributed by atoms with Gasteiger partial charge in [0.15, 0.2) is 0 Å². The quantitative estimate of drug-likeness (QED) is 0.741. The van der Waals surface area contributed by atoms with Gasteiger partial charge in [0, 0.05) is 12.2 Å². The molecule has 0 aliphatic carbocycles. The minimum absolute atomic E-state index is 0.740. The molecule has 0 saturated carbocycles. The molecule has 0 atom stereocenters. The summed E-state index contributed by atoms with van der Waals surface area (Å²) in [7, 11) is 0. The summed E-state index contributed by atoms with van der Waals surface area (Å²) in [5.41, 5.74) is 5.22. The number of hydrogen-bond donors (Lipinski definition) is 1. The number of rotatable bonds is 7. The van der Waals surface area contributed by atoms with Crippen molar-refractivity contribution in [3.8, 4) is 5.75 Å². The van der Waals surface area contributed by atoms with Gasteiger partial charge in [0.1, 0.15) is 5.75 Å². The van der Waals surface area contributed by atoms with Crippen molar-refractivity contribution in [2.45, 2.75) is 33.6 Å². The van der Waals surface area contributed by atoms with E-state index in [9.17, 15) is 0 Å². The maximum absolute atomic E-state index is 5.77. The molecule has 2 aromatic carbocycles. The molecule has 0 spiro atoms. The third-order valence-electron chi connectivity index (χ3n) is 3.62. The van der Waals surface area contributed by atoms with E-state index in [-0.39, 0.29) is 0 Å². The predicted octanol–water partition coefficient (Wildman–Crippen LogP) is 4.75. The van der Waals surface area contributed by atoms with E-state index in [1.807, 2.05) is 12.1 Å². The Morgan fingerprint density at radius 3 is 2.62 bits per heavy atom. The molecule has 2 rings (SSSR count). The second-order valence-electron chi connectivity index (χ2n) is 5.41. The molecule has 0 aliphatic rings. The molecule has 0 heterocycles. The van der Waals surface area contributed by atoms with E-state index in [1.165, 1.54) is 22.4 Å². The highest BCUT2D eigenvalue weighted by Crippen LogP contribution is 2.21. The minimum Gasteiger partial charge on any atom is -0.494 e. The van der Waals surface area contributed by atoms with E-state index in [0.717, 1.165) is 31.7 Å². The smallest absolute Gasteiger partial charge is 0.119 e. The first-order valence-electron chi connectivity index (χ1n) is 7.72. The van der Waals surface area contributed by atoms with Crippen molar-refractivity contribution >= 4 is 5.69 Å². The lowest BCUT2D eigenvalue weighted by atomic mass is 10.1. The fourth-order valence-electron chi connectivity index (χ4n) is 2.46. The Morgan fingerprint density at radius 2 is 1.86 bits per heavy atom. The number of hydrogen-bond acceptors (Lipinski definition) is 2. The number of aryl methyl sites for hydroxylation is 3. The summed E-state index contributed by atoms with van der Waals surface area (Å²) in [5.74, 6) is 0.958. The molecule has 112 valence electrons. The second-order valence-corrected chi connectivity index (χ2v) is 5.41. The SMILES string of the molecule is CCc1cccc(C)c1NCCCOc1cccc(C)c1. The van der Waals surface area contributed by atoms with Crippen molar-refractivity contribution in [1.29, 1.82) is 0 Å². The predicted molar refractivity (Wildman–Crippen MR) is 90.3 cm³/mol. The first kappa shape index (κ1) is 15.4. The summed E-state index contributed by atoms with van der Waals surface area (Å²) < 4.78 is 5.77. The van der Waals surface area contributed by atoms with Gasteiger partial charge < -0.3 is 10.1 Å². The lowest BCUT2D eigenvalue weighted by Gasteiger charge is -2.14. The Bertz CT molecular complexity index is 578. The van der Waals surface area contributed by atoms with E-state index < -0.39 is 0 Å². The number of benzene rings is 2. The summed E-state index contributed by atoms with van der Waals surface area (Å²) in [4.78, 5) is 0. The van der Waals surface area contributed by atoms with Gasteiger partial charge in [0.25, 0.3) is 0 Å². The molecule has 0 saturated heterocycles. The van der Waals surface area contributed by atoms with Gasteiger partial charge in [-0.1, -0.05) is 37.3 Å². The Labute approximate surface area is 128 Å². The van der Waals surface area contributed by atoms with Gasteiger partial charge >= 0.3 is 0 Å². The zero-order valence-corrected chi connectivity index (χ0v) is 13.3. The zero-order valence-electron chi connectivity index (χ0n) is 13.3. The highest BCUT2D eigenvalue weighted by Gasteiger charge is 2.03. The molecule has 21 heavy (non-hydrogen) atoms. The minimum atomic E-state index is 0.740. The molecule has 0 aromatic heterocycles. The maximum atomic E-state index is 5.77. The van der Waals surface area contributed by atoms with Crippen LogP contribution >= 0.6 is 0 Å². The molecule has 1 N–H and O–H groups in total. The lowest BCUT2D eigenvalue weighted by Crippen LogP contribution is -2.09. The van der Waals surface area contributed by atoms with Crippen LogP contribution in [0.4, 0.5) is 5.69 Å². The molecule has 0 amide bonds. The summed E-state index contributed by atoms with van der Waals surface area (Å²) in [6.45, 7) is 8.11. The van der Waals surface area contributed by atoms with Gasteiger partial charge in [-0.25, -0.2) is 0 Å². The Balaban J connectivity index is 1.78. The van der Waals surface area contributed by atoms with Crippen LogP contribution in [0.2, 0.25) is 0 Å². The zero-order chi connectivity index (χ0) is 15.1. The number of anilines is 1. The normalized spacial score (nSPS) is 10.4. The van der Waals surface area contributed by atoms with Crippen LogP contribution < -0.4 is 10.1 Å². The molecular weight excluding hydrogens is 258 g/mol. The molecule has 2 heteroatoms. The average molecular weight is 283 g/mol. The third kappa shape index (κ3) is 4.52. The van der Waals surface area contributed by atoms with Crippen LogP contribution in [0.1, 0.15) is 30.0 Å². The second kappa shape index (κ2) is 7.72. The van der Waals surface area contributed by atoms with Crippen LogP contribution in [0.3, 0.4) is 0 Å².